The monoisotopic (exact) mass is 273 g/mol. The van der Waals surface area contributed by atoms with Crippen LogP contribution in [0.4, 0.5) is 0 Å². The van der Waals surface area contributed by atoms with Gasteiger partial charge >= 0.3 is 5.97 Å². The number of carbonyl (C=O) groups excluding carboxylic acids is 1. The van der Waals surface area contributed by atoms with Gasteiger partial charge in [-0.1, -0.05) is 18.2 Å². The molecule has 1 atom stereocenters. The molecule has 0 aromatic heterocycles. The van der Waals surface area contributed by atoms with Crippen molar-refractivity contribution < 1.29 is 14.3 Å². The van der Waals surface area contributed by atoms with Crippen molar-refractivity contribution in [3.05, 3.63) is 42.0 Å². The van der Waals surface area contributed by atoms with Crippen LogP contribution in [0.15, 0.2) is 36.4 Å². The van der Waals surface area contributed by atoms with Crippen LogP contribution >= 0.6 is 0 Å². The minimum Gasteiger partial charge on any atom is -0.497 e. The lowest BCUT2D eigenvalue weighted by molar-refractivity contribution is -0.143. The van der Waals surface area contributed by atoms with Crippen LogP contribution < -0.4 is 10.5 Å². The molecular weight excluding hydrogens is 254 g/mol. The second-order valence-corrected chi connectivity index (χ2v) is 4.59. The van der Waals surface area contributed by atoms with Crippen LogP contribution in [0.25, 0.3) is 10.8 Å². The maximum absolute atomic E-state index is 11.5. The Morgan fingerprint density at radius 3 is 2.60 bits per heavy atom. The van der Waals surface area contributed by atoms with Gasteiger partial charge in [-0.05, 0) is 41.5 Å². The maximum Gasteiger partial charge on any atom is 0.307 e. The van der Waals surface area contributed by atoms with Crippen molar-refractivity contribution in [2.24, 2.45) is 5.73 Å². The van der Waals surface area contributed by atoms with E-state index in [1.165, 1.54) is 0 Å². The van der Waals surface area contributed by atoms with Gasteiger partial charge in [-0.15, -0.1) is 0 Å². The molecule has 20 heavy (non-hydrogen) atoms. The lowest BCUT2D eigenvalue weighted by atomic mass is 10.0. The predicted octanol–water partition coefficient (Wildman–Crippen LogP) is 2.80. The Bertz CT molecular complexity index is 610. The Morgan fingerprint density at radius 2 is 1.90 bits per heavy atom. The fourth-order valence-electron chi connectivity index (χ4n) is 2.12. The van der Waals surface area contributed by atoms with Gasteiger partial charge in [-0.25, -0.2) is 0 Å². The minimum atomic E-state index is -0.347. The topological polar surface area (TPSA) is 61.5 Å². The second kappa shape index (κ2) is 6.39. The van der Waals surface area contributed by atoms with Crippen LogP contribution in [-0.2, 0) is 9.53 Å². The average molecular weight is 273 g/mol. The number of nitrogens with two attached hydrogens (primary N) is 1. The molecule has 2 rings (SSSR count). The molecule has 106 valence electrons. The minimum absolute atomic E-state index is 0.190. The van der Waals surface area contributed by atoms with E-state index in [0.717, 1.165) is 22.1 Å². The summed E-state index contributed by atoms with van der Waals surface area (Å²) >= 11 is 0. The summed E-state index contributed by atoms with van der Waals surface area (Å²) in [5.74, 6) is 0.552. The molecule has 0 heterocycles. The Hall–Kier alpha value is -2.07. The third-order valence-electron chi connectivity index (χ3n) is 3.19. The SMILES string of the molecule is CCOC(=O)C[C@@H](N)c1ccc2cc(OC)ccc2c1. The Kier molecular flexibility index (Phi) is 4.58. The lowest BCUT2D eigenvalue weighted by Gasteiger charge is -2.12. The van der Waals surface area contributed by atoms with E-state index in [1.54, 1.807) is 14.0 Å². The fourth-order valence-corrected chi connectivity index (χ4v) is 2.12. The molecule has 0 aliphatic rings. The molecule has 0 unspecified atom stereocenters. The van der Waals surface area contributed by atoms with Gasteiger partial charge in [0.15, 0.2) is 0 Å². The average Bonchev–Trinajstić information content (AvgIpc) is 2.46. The lowest BCUT2D eigenvalue weighted by Crippen LogP contribution is -2.17. The first-order chi connectivity index (χ1) is 9.63. The molecule has 2 N–H and O–H groups in total. The molecule has 0 bridgehead atoms. The molecule has 4 nitrogen and oxygen atoms in total. The smallest absolute Gasteiger partial charge is 0.307 e. The molecular formula is C16H19NO3. The molecule has 0 aliphatic heterocycles. The zero-order valence-corrected chi connectivity index (χ0v) is 11.8. The summed E-state index contributed by atoms with van der Waals surface area (Å²) in [6, 6.07) is 11.4. The van der Waals surface area contributed by atoms with E-state index in [9.17, 15) is 4.79 Å². The summed E-state index contributed by atoms with van der Waals surface area (Å²) in [5, 5.41) is 2.15. The van der Waals surface area contributed by atoms with Gasteiger partial charge in [0, 0.05) is 6.04 Å². The molecule has 0 spiro atoms. The van der Waals surface area contributed by atoms with Crippen LogP contribution in [0.5, 0.6) is 5.75 Å². The third-order valence-corrected chi connectivity index (χ3v) is 3.19. The number of carbonyl (C=O) groups is 1. The van der Waals surface area contributed by atoms with Gasteiger partial charge in [0.2, 0.25) is 0 Å². The Morgan fingerprint density at radius 1 is 1.20 bits per heavy atom. The molecule has 0 radical (unpaired) electrons. The van der Waals surface area contributed by atoms with E-state index in [2.05, 4.69) is 0 Å². The standard InChI is InChI=1S/C16H19NO3/c1-3-20-16(18)10-15(17)13-5-4-12-9-14(19-2)7-6-11(12)8-13/h4-9,15H,3,10,17H2,1-2H3/t15-/m1/s1. The first kappa shape index (κ1) is 14.3. The van der Waals surface area contributed by atoms with Crippen molar-refractivity contribution >= 4 is 16.7 Å². The summed E-state index contributed by atoms with van der Waals surface area (Å²) in [6.45, 7) is 2.16. The van der Waals surface area contributed by atoms with E-state index in [0.29, 0.717) is 6.61 Å². The fraction of sp³-hybridized carbons (Fsp3) is 0.312. The molecule has 0 fully saturated rings. The van der Waals surface area contributed by atoms with Crippen LogP contribution in [0.3, 0.4) is 0 Å². The number of ether oxygens (including phenoxy) is 2. The highest BCUT2D eigenvalue weighted by Crippen LogP contribution is 2.24. The van der Waals surface area contributed by atoms with Crippen molar-refractivity contribution in [3.8, 4) is 5.75 Å². The molecule has 0 aliphatic carbocycles. The normalized spacial score (nSPS) is 12.2. The summed E-state index contributed by atoms with van der Waals surface area (Å²) in [5.41, 5.74) is 6.97. The number of esters is 1. The predicted molar refractivity (Wildman–Crippen MR) is 78.7 cm³/mol. The van der Waals surface area contributed by atoms with Crippen LogP contribution in [0.1, 0.15) is 24.9 Å². The number of hydrogen-bond acceptors (Lipinski definition) is 4. The van der Waals surface area contributed by atoms with Gasteiger partial charge < -0.3 is 15.2 Å². The van der Waals surface area contributed by atoms with Crippen LogP contribution in [-0.4, -0.2) is 19.7 Å². The van der Waals surface area contributed by atoms with E-state index in [4.69, 9.17) is 15.2 Å². The number of methoxy groups -OCH3 is 1. The number of fused-ring (bicyclic) bond motifs is 1. The zero-order valence-electron chi connectivity index (χ0n) is 11.8. The summed E-state index contributed by atoms with van der Waals surface area (Å²) < 4.78 is 10.1. The quantitative estimate of drug-likeness (QED) is 0.851. The van der Waals surface area contributed by atoms with Crippen molar-refractivity contribution in [1.29, 1.82) is 0 Å². The third kappa shape index (κ3) is 3.27. The Balaban J connectivity index is 2.20. The van der Waals surface area contributed by atoms with Crippen molar-refractivity contribution in [3.63, 3.8) is 0 Å². The molecule has 0 saturated carbocycles. The van der Waals surface area contributed by atoms with Crippen molar-refractivity contribution in [2.75, 3.05) is 13.7 Å². The molecule has 0 amide bonds. The van der Waals surface area contributed by atoms with E-state index >= 15 is 0 Å². The van der Waals surface area contributed by atoms with Gasteiger partial charge in [0.25, 0.3) is 0 Å². The zero-order chi connectivity index (χ0) is 14.5. The highest BCUT2D eigenvalue weighted by Gasteiger charge is 2.12. The molecule has 2 aromatic carbocycles. The first-order valence-corrected chi connectivity index (χ1v) is 6.63. The van der Waals surface area contributed by atoms with Gasteiger partial charge in [0.05, 0.1) is 20.1 Å². The number of benzene rings is 2. The van der Waals surface area contributed by atoms with E-state index in [-0.39, 0.29) is 18.4 Å². The summed E-state index contributed by atoms with van der Waals surface area (Å²) in [4.78, 5) is 11.5. The van der Waals surface area contributed by atoms with E-state index < -0.39 is 0 Å². The molecule has 4 heteroatoms. The highest BCUT2D eigenvalue weighted by molar-refractivity contribution is 5.84. The largest absolute Gasteiger partial charge is 0.497 e. The first-order valence-electron chi connectivity index (χ1n) is 6.63. The van der Waals surface area contributed by atoms with Crippen molar-refractivity contribution in [2.45, 2.75) is 19.4 Å². The maximum atomic E-state index is 11.5. The summed E-state index contributed by atoms with van der Waals surface area (Å²) in [7, 11) is 1.64. The summed E-state index contributed by atoms with van der Waals surface area (Å²) in [6.07, 6.45) is 0.190. The van der Waals surface area contributed by atoms with E-state index in [1.807, 2.05) is 36.4 Å². The number of hydrogen-bond donors (Lipinski definition) is 1. The Labute approximate surface area is 118 Å². The van der Waals surface area contributed by atoms with Gasteiger partial charge in [-0.2, -0.15) is 0 Å². The van der Waals surface area contributed by atoms with Crippen LogP contribution in [0.2, 0.25) is 0 Å². The van der Waals surface area contributed by atoms with Gasteiger partial charge in [0.1, 0.15) is 5.75 Å². The molecule has 2 aromatic rings. The number of rotatable bonds is 5. The van der Waals surface area contributed by atoms with Gasteiger partial charge in [-0.3, -0.25) is 4.79 Å². The van der Waals surface area contributed by atoms with Crippen LogP contribution in [0, 0.1) is 0 Å². The molecule has 0 saturated heterocycles. The second-order valence-electron chi connectivity index (χ2n) is 4.59. The van der Waals surface area contributed by atoms with Crippen molar-refractivity contribution in [1.82, 2.24) is 0 Å². The highest BCUT2D eigenvalue weighted by atomic mass is 16.5.